The Kier molecular flexibility index (Phi) is 4.64. The fourth-order valence-electron chi connectivity index (χ4n) is 3.26. The number of nitrogens with zero attached hydrogens (tertiary/aromatic N) is 5. The van der Waals surface area contributed by atoms with Gasteiger partial charge in [0.2, 0.25) is 5.65 Å². The zero-order chi connectivity index (χ0) is 21.4. The summed E-state index contributed by atoms with van der Waals surface area (Å²) in [5.41, 5.74) is 1.60. The van der Waals surface area contributed by atoms with Gasteiger partial charge in [-0.25, -0.2) is 9.37 Å². The molecule has 5 aromatic rings. The van der Waals surface area contributed by atoms with Crippen molar-refractivity contribution >= 4 is 32.6 Å². The Morgan fingerprint density at radius 2 is 1.87 bits per heavy atom. The topological polar surface area (TPSA) is 108 Å². The molecule has 154 valence electrons. The highest BCUT2D eigenvalue weighted by Crippen LogP contribution is 2.30. The lowest BCUT2D eigenvalue weighted by molar-refractivity contribution is 0.474. The maximum absolute atomic E-state index is 13.2. The number of fused-ring (bicyclic) bond motifs is 3. The minimum atomic E-state index is -3.97. The third kappa shape index (κ3) is 3.41. The number of aromatic nitrogens is 5. The van der Waals surface area contributed by atoms with E-state index in [1.807, 2.05) is 24.3 Å². The molecule has 1 unspecified atom stereocenters. The molecule has 2 aromatic carbocycles. The van der Waals surface area contributed by atoms with Crippen molar-refractivity contribution in [2.75, 3.05) is 5.32 Å². The lowest BCUT2D eigenvalue weighted by Gasteiger charge is -2.12. The van der Waals surface area contributed by atoms with Crippen LogP contribution < -0.4 is 5.32 Å². The maximum Gasteiger partial charge on any atom is 0.318 e. The fourth-order valence-corrected chi connectivity index (χ4v) is 4.46. The largest absolute Gasteiger partial charge is 0.604 e. The van der Waals surface area contributed by atoms with Crippen LogP contribution >= 0.6 is 0 Å². The molecule has 3 aromatic heterocycles. The average Bonchev–Trinajstić information content (AvgIpc) is 3.24. The smallest absolute Gasteiger partial charge is 0.318 e. The van der Waals surface area contributed by atoms with E-state index in [9.17, 15) is 13.2 Å². The Hall–Kier alpha value is -3.76. The van der Waals surface area contributed by atoms with Crippen molar-refractivity contribution in [3.63, 3.8) is 0 Å². The number of benzene rings is 2. The molecule has 3 heterocycles. The van der Waals surface area contributed by atoms with E-state index in [0.717, 1.165) is 10.9 Å². The molecule has 1 N–H and O–H groups in total. The molecular formula is C21H15FN6O2S. The van der Waals surface area contributed by atoms with Gasteiger partial charge in [-0.1, -0.05) is 38.8 Å². The van der Waals surface area contributed by atoms with E-state index in [2.05, 4.69) is 25.6 Å². The number of halogens is 1. The van der Waals surface area contributed by atoms with Crippen LogP contribution in [0, 0.1) is 5.82 Å². The number of hydrogen-bond donors (Lipinski definition) is 1. The van der Waals surface area contributed by atoms with Gasteiger partial charge in [0.05, 0.1) is 11.7 Å². The summed E-state index contributed by atoms with van der Waals surface area (Å²) < 4.78 is 40.8. The fraction of sp³-hybridized carbons (Fsp3) is 0.0476. The monoisotopic (exact) mass is 434 g/mol. The lowest BCUT2D eigenvalue weighted by Crippen LogP contribution is -2.13. The molecule has 0 aliphatic carbocycles. The second-order valence-corrected chi connectivity index (χ2v) is 8.64. The Morgan fingerprint density at radius 1 is 1.06 bits per heavy atom. The average molecular weight is 434 g/mol. The zero-order valence-corrected chi connectivity index (χ0v) is 16.8. The number of rotatable bonds is 5. The molecule has 0 radical (unpaired) electrons. The van der Waals surface area contributed by atoms with Gasteiger partial charge in [0.25, 0.3) is 0 Å². The first-order valence-electron chi connectivity index (χ1n) is 9.31. The first-order chi connectivity index (χ1) is 15.0. The molecule has 1 atom stereocenters. The van der Waals surface area contributed by atoms with E-state index >= 15 is 0 Å². The zero-order valence-electron chi connectivity index (χ0n) is 16.0. The minimum absolute atomic E-state index is 0.00757. The Morgan fingerprint density at radius 3 is 2.65 bits per heavy atom. The minimum Gasteiger partial charge on any atom is -0.604 e. The van der Waals surface area contributed by atoms with Crippen LogP contribution in [0.25, 0.3) is 16.6 Å². The van der Waals surface area contributed by atoms with Crippen molar-refractivity contribution in [2.45, 2.75) is 16.5 Å². The molecular weight excluding hydrogens is 419 g/mol. The second-order valence-electron chi connectivity index (χ2n) is 6.78. The van der Waals surface area contributed by atoms with Crippen molar-refractivity contribution in [3.05, 3.63) is 84.4 Å². The third-order valence-electron chi connectivity index (χ3n) is 4.79. The van der Waals surface area contributed by atoms with Gasteiger partial charge in [0.1, 0.15) is 21.8 Å². The van der Waals surface area contributed by atoms with Crippen LogP contribution in [0.1, 0.15) is 5.56 Å². The van der Waals surface area contributed by atoms with Crippen LogP contribution in [0.3, 0.4) is 0 Å². The number of nitrogens with one attached hydrogen (secondary N) is 1. The van der Waals surface area contributed by atoms with Crippen LogP contribution in [-0.4, -0.2) is 29.3 Å². The summed E-state index contributed by atoms with van der Waals surface area (Å²) in [5.74, 6) is 0.154. The number of pyridine rings is 1. The molecule has 0 bridgehead atoms. The highest BCUT2D eigenvalue weighted by molar-refractivity contribution is 7.97. The molecule has 0 saturated carbocycles. The molecule has 5 rings (SSSR count). The SMILES string of the molecule is O=[S+]([O-])(c1cccnc1)c1nnn2c1nc(NCc1ccc(F)cc1)c1ccccc12. The Labute approximate surface area is 177 Å². The van der Waals surface area contributed by atoms with E-state index in [-0.39, 0.29) is 21.4 Å². The third-order valence-corrected chi connectivity index (χ3v) is 6.43. The van der Waals surface area contributed by atoms with E-state index in [1.54, 1.807) is 12.1 Å². The van der Waals surface area contributed by atoms with Crippen LogP contribution in [0.2, 0.25) is 0 Å². The van der Waals surface area contributed by atoms with Gasteiger partial charge in [-0.15, -0.1) is 0 Å². The summed E-state index contributed by atoms with van der Waals surface area (Å²) in [7, 11) is -3.97. The summed E-state index contributed by atoms with van der Waals surface area (Å²) >= 11 is 0. The second kappa shape index (κ2) is 7.49. The van der Waals surface area contributed by atoms with Gasteiger partial charge in [0.15, 0.2) is 4.90 Å². The van der Waals surface area contributed by atoms with Crippen molar-refractivity contribution in [1.29, 1.82) is 0 Å². The molecule has 10 heteroatoms. The Bertz CT molecular complexity index is 1440. The van der Waals surface area contributed by atoms with E-state index < -0.39 is 10.2 Å². The molecule has 0 fully saturated rings. The molecule has 0 saturated heterocycles. The summed E-state index contributed by atoms with van der Waals surface area (Å²) in [6.45, 7) is 0.375. The van der Waals surface area contributed by atoms with Gasteiger partial charge < -0.3 is 9.87 Å². The van der Waals surface area contributed by atoms with Gasteiger partial charge in [0, 0.05) is 18.1 Å². The molecule has 0 spiro atoms. The highest BCUT2D eigenvalue weighted by Gasteiger charge is 2.32. The lowest BCUT2D eigenvalue weighted by atomic mass is 10.2. The predicted octanol–water partition coefficient (Wildman–Crippen LogP) is 3.47. The van der Waals surface area contributed by atoms with Crippen molar-refractivity contribution in [2.24, 2.45) is 0 Å². The van der Waals surface area contributed by atoms with Crippen LogP contribution in [0.5, 0.6) is 0 Å². The molecule has 0 aliphatic heterocycles. The van der Waals surface area contributed by atoms with Gasteiger partial charge in [-0.3, -0.25) is 4.98 Å². The molecule has 0 amide bonds. The van der Waals surface area contributed by atoms with Gasteiger partial charge in [-0.2, -0.15) is 4.52 Å². The summed E-state index contributed by atoms with van der Waals surface area (Å²) in [4.78, 5) is 8.43. The normalized spacial score (nSPS) is 13.4. The summed E-state index contributed by atoms with van der Waals surface area (Å²) in [6.07, 6.45) is 2.75. The van der Waals surface area contributed by atoms with Crippen LogP contribution in [-0.2, 0) is 21.0 Å². The molecule has 8 nitrogen and oxygen atoms in total. The van der Waals surface area contributed by atoms with Gasteiger partial charge >= 0.3 is 5.03 Å². The van der Waals surface area contributed by atoms with Gasteiger partial charge in [-0.05, 0) is 42.0 Å². The van der Waals surface area contributed by atoms with Crippen molar-refractivity contribution in [3.8, 4) is 0 Å². The number of sulfone groups is 1. The Balaban J connectivity index is 1.64. The van der Waals surface area contributed by atoms with Crippen molar-refractivity contribution in [1.82, 2.24) is 24.8 Å². The maximum atomic E-state index is 13.2. The summed E-state index contributed by atoms with van der Waals surface area (Å²) in [6, 6.07) is 16.4. The first-order valence-corrected chi connectivity index (χ1v) is 10.8. The number of hydrogen-bond acceptors (Lipinski definition) is 7. The molecule has 31 heavy (non-hydrogen) atoms. The standard InChI is InChI=1S/C21H15FN6O2S/c22-15-9-7-14(8-10-15)12-24-19-17-5-1-2-6-18(17)28-20(25-19)21(26-27-28)31(29,30)16-4-3-11-23-13-16/h1-11,13H,12H2,(H-,24,25,29,30). The van der Waals surface area contributed by atoms with E-state index in [1.165, 1.54) is 41.2 Å². The molecule has 0 aliphatic rings. The van der Waals surface area contributed by atoms with Crippen LogP contribution in [0.15, 0.2) is 83.0 Å². The quantitative estimate of drug-likeness (QED) is 0.422. The predicted molar refractivity (Wildman–Crippen MR) is 112 cm³/mol. The summed E-state index contributed by atoms with van der Waals surface area (Å²) in [5, 5.41) is 11.7. The van der Waals surface area contributed by atoms with Crippen LogP contribution in [0.4, 0.5) is 10.2 Å². The number of anilines is 1. The van der Waals surface area contributed by atoms with E-state index in [0.29, 0.717) is 17.9 Å². The van der Waals surface area contributed by atoms with Crippen molar-refractivity contribution < 1.29 is 13.2 Å². The number of para-hydroxylation sites is 1. The first kappa shape index (κ1) is 19.2. The highest BCUT2D eigenvalue weighted by atomic mass is 32.3. The van der Waals surface area contributed by atoms with E-state index in [4.69, 9.17) is 0 Å².